The highest BCUT2D eigenvalue weighted by molar-refractivity contribution is 6.33. The summed E-state index contributed by atoms with van der Waals surface area (Å²) in [5.74, 6) is 0.775. The fraction of sp³-hybridized carbons (Fsp3) is 0.381. The number of anilines is 1. The maximum absolute atomic E-state index is 12.5. The van der Waals surface area contributed by atoms with Gasteiger partial charge in [0.25, 0.3) is 0 Å². The van der Waals surface area contributed by atoms with Crippen molar-refractivity contribution in [1.29, 1.82) is 0 Å². The topological polar surface area (TPSA) is 29.1 Å². The van der Waals surface area contributed by atoms with Crippen LogP contribution in [0.4, 0.5) is 5.69 Å². The monoisotopic (exact) mass is 341 g/mol. The molecule has 0 bridgehead atoms. The Morgan fingerprint density at radius 2 is 1.79 bits per heavy atom. The molecular formula is C21H24ClNO. The van der Waals surface area contributed by atoms with Gasteiger partial charge in [-0.3, -0.25) is 4.79 Å². The van der Waals surface area contributed by atoms with E-state index in [9.17, 15) is 4.79 Å². The van der Waals surface area contributed by atoms with Crippen LogP contribution in [-0.2, 0) is 4.79 Å². The largest absolute Gasteiger partial charge is 0.326 e. The van der Waals surface area contributed by atoms with E-state index in [4.69, 9.17) is 11.6 Å². The Bertz CT molecular complexity index is 723. The number of benzene rings is 2. The maximum Gasteiger partial charge on any atom is 0.227 e. The zero-order valence-electron chi connectivity index (χ0n) is 14.3. The molecule has 24 heavy (non-hydrogen) atoms. The molecule has 0 radical (unpaired) electrons. The zero-order chi connectivity index (χ0) is 17.1. The van der Waals surface area contributed by atoms with E-state index in [-0.39, 0.29) is 11.8 Å². The molecule has 1 amide bonds. The molecule has 1 N–H and O–H groups in total. The van der Waals surface area contributed by atoms with Crippen LogP contribution >= 0.6 is 11.6 Å². The highest BCUT2D eigenvalue weighted by Crippen LogP contribution is 2.32. The van der Waals surface area contributed by atoms with Gasteiger partial charge in [0.2, 0.25) is 5.91 Å². The molecule has 0 saturated heterocycles. The van der Waals surface area contributed by atoms with Crippen molar-refractivity contribution in [2.45, 2.75) is 39.5 Å². The lowest BCUT2D eigenvalue weighted by atomic mass is 9.80. The van der Waals surface area contributed by atoms with Crippen molar-refractivity contribution in [2.24, 2.45) is 11.8 Å². The van der Waals surface area contributed by atoms with E-state index in [1.165, 1.54) is 12.0 Å². The molecule has 1 aliphatic carbocycles. The van der Waals surface area contributed by atoms with Gasteiger partial charge in [0.05, 0.1) is 0 Å². The molecule has 3 heteroatoms. The second-order valence-corrected chi connectivity index (χ2v) is 7.33. The van der Waals surface area contributed by atoms with Gasteiger partial charge in [-0.1, -0.05) is 55.1 Å². The van der Waals surface area contributed by atoms with Gasteiger partial charge in [-0.15, -0.1) is 0 Å². The Kier molecular flexibility index (Phi) is 5.25. The van der Waals surface area contributed by atoms with E-state index in [1.54, 1.807) is 0 Å². The van der Waals surface area contributed by atoms with Crippen LogP contribution in [0.25, 0.3) is 11.1 Å². The smallest absolute Gasteiger partial charge is 0.227 e. The molecule has 3 rings (SSSR count). The van der Waals surface area contributed by atoms with Gasteiger partial charge in [-0.25, -0.2) is 0 Å². The number of carbonyl (C=O) groups is 1. The van der Waals surface area contributed by atoms with Crippen LogP contribution in [0.1, 0.15) is 38.2 Å². The molecule has 0 aromatic heterocycles. The van der Waals surface area contributed by atoms with Crippen molar-refractivity contribution < 1.29 is 4.79 Å². The van der Waals surface area contributed by atoms with Crippen molar-refractivity contribution in [3.63, 3.8) is 0 Å². The summed E-state index contributed by atoms with van der Waals surface area (Å²) in [7, 11) is 0. The van der Waals surface area contributed by atoms with Crippen molar-refractivity contribution in [3.05, 3.63) is 53.1 Å². The Hall–Kier alpha value is -1.80. The van der Waals surface area contributed by atoms with E-state index in [0.29, 0.717) is 5.92 Å². The van der Waals surface area contributed by atoms with Gasteiger partial charge in [0.1, 0.15) is 0 Å². The van der Waals surface area contributed by atoms with Crippen molar-refractivity contribution >= 4 is 23.2 Å². The highest BCUT2D eigenvalue weighted by Gasteiger charge is 2.27. The minimum atomic E-state index is 0.143. The molecule has 2 aromatic rings. The molecule has 126 valence electrons. The average molecular weight is 342 g/mol. The normalized spacial score (nSPS) is 20.6. The quantitative estimate of drug-likeness (QED) is 0.720. The lowest BCUT2D eigenvalue weighted by Gasteiger charge is -2.27. The van der Waals surface area contributed by atoms with Gasteiger partial charge < -0.3 is 5.32 Å². The zero-order valence-corrected chi connectivity index (χ0v) is 15.1. The molecule has 0 heterocycles. The number of rotatable bonds is 3. The summed E-state index contributed by atoms with van der Waals surface area (Å²) in [6, 6.07) is 14.0. The first-order valence-corrected chi connectivity index (χ1v) is 9.10. The Morgan fingerprint density at radius 3 is 2.50 bits per heavy atom. The summed E-state index contributed by atoms with van der Waals surface area (Å²) in [4.78, 5) is 12.5. The van der Waals surface area contributed by atoms with E-state index in [1.807, 2.05) is 36.4 Å². The molecule has 1 aliphatic rings. The average Bonchev–Trinajstić information content (AvgIpc) is 2.58. The van der Waals surface area contributed by atoms with E-state index < -0.39 is 0 Å². The van der Waals surface area contributed by atoms with Crippen molar-refractivity contribution in [2.75, 3.05) is 5.32 Å². The number of hydrogen-bond donors (Lipinski definition) is 1. The summed E-state index contributed by atoms with van der Waals surface area (Å²) < 4.78 is 0. The maximum atomic E-state index is 12.5. The third-order valence-electron chi connectivity index (χ3n) is 5.03. The molecule has 1 fully saturated rings. The standard InChI is InChI=1S/C21H24ClNO/c1-14-7-12-20(22)19(13-14)16-8-10-17(11-9-16)23-21(24)18-6-4-3-5-15(18)2/h7-13,15,18H,3-6H2,1-2H3,(H,23,24). The van der Waals surface area contributed by atoms with Crippen LogP contribution in [0.2, 0.25) is 5.02 Å². The van der Waals surface area contributed by atoms with E-state index in [2.05, 4.69) is 25.2 Å². The lowest BCUT2D eigenvalue weighted by molar-refractivity contribution is -0.122. The Labute approximate surface area is 149 Å². The van der Waals surface area contributed by atoms with Gasteiger partial charge in [-0.05, 0) is 55.5 Å². The predicted octanol–water partition coefficient (Wildman–Crippen LogP) is 6.08. The van der Waals surface area contributed by atoms with Crippen LogP contribution in [0.5, 0.6) is 0 Å². The first-order chi connectivity index (χ1) is 11.5. The summed E-state index contributed by atoms with van der Waals surface area (Å²) in [5, 5.41) is 3.82. The molecule has 0 aliphatic heterocycles. The van der Waals surface area contributed by atoms with Crippen LogP contribution in [0.15, 0.2) is 42.5 Å². The lowest BCUT2D eigenvalue weighted by Crippen LogP contribution is -2.30. The van der Waals surface area contributed by atoms with Crippen molar-refractivity contribution in [1.82, 2.24) is 0 Å². The number of amides is 1. The SMILES string of the molecule is Cc1ccc(Cl)c(-c2ccc(NC(=O)C3CCCCC3C)cc2)c1. The first kappa shape index (κ1) is 17.0. The molecule has 0 spiro atoms. The van der Waals surface area contributed by atoms with E-state index in [0.717, 1.165) is 41.1 Å². The van der Waals surface area contributed by atoms with Crippen LogP contribution in [0, 0.1) is 18.8 Å². The third-order valence-corrected chi connectivity index (χ3v) is 5.36. The Balaban J connectivity index is 1.72. The number of nitrogens with one attached hydrogen (secondary N) is 1. The van der Waals surface area contributed by atoms with Gasteiger partial charge in [-0.2, -0.15) is 0 Å². The molecule has 1 saturated carbocycles. The highest BCUT2D eigenvalue weighted by atomic mass is 35.5. The molecule has 2 aromatic carbocycles. The minimum Gasteiger partial charge on any atom is -0.326 e. The van der Waals surface area contributed by atoms with Crippen LogP contribution in [0.3, 0.4) is 0 Å². The van der Waals surface area contributed by atoms with E-state index >= 15 is 0 Å². The van der Waals surface area contributed by atoms with Gasteiger partial charge in [0, 0.05) is 22.2 Å². The summed E-state index contributed by atoms with van der Waals surface area (Å²) >= 11 is 6.30. The summed E-state index contributed by atoms with van der Waals surface area (Å²) in [5.41, 5.74) is 4.12. The summed E-state index contributed by atoms with van der Waals surface area (Å²) in [6.45, 7) is 4.24. The number of carbonyl (C=O) groups excluding carboxylic acids is 1. The second-order valence-electron chi connectivity index (χ2n) is 6.92. The number of aryl methyl sites for hydroxylation is 1. The molecular weight excluding hydrogens is 318 g/mol. The van der Waals surface area contributed by atoms with Gasteiger partial charge in [0.15, 0.2) is 0 Å². The molecule has 2 unspecified atom stereocenters. The van der Waals surface area contributed by atoms with Crippen molar-refractivity contribution in [3.8, 4) is 11.1 Å². The molecule has 2 atom stereocenters. The third kappa shape index (κ3) is 3.81. The fourth-order valence-corrected chi connectivity index (χ4v) is 3.76. The molecule has 2 nitrogen and oxygen atoms in total. The first-order valence-electron chi connectivity index (χ1n) is 8.72. The van der Waals surface area contributed by atoms with Gasteiger partial charge >= 0.3 is 0 Å². The second kappa shape index (κ2) is 7.40. The predicted molar refractivity (Wildman–Crippen MR) is 101 cm³/mol. The van der Waals surface area contributed by atoms with Crippen LogP contribution < -0.4 is 5.32 Å². The minimum absolute atomic E-state index is 0.143. The van der Waals surface area contributed by atoms with Crippen LogP contribution in [-0.4, -0.2) is 5.91 Å². The summed E-state index contributed by atoms with van der Waals surface area (Å²) in [6.07, 6.45) is 4.57. The number of halogens is 1. The Morgan fingerprint density at radius 1 is 1.08 bits per heavy atom. The number of hydrogen-bond acceptors (Lipinski definition) is 1. The fourth-order valence-electron chi connectivity index (χ4n) is 3.53.